The van der Waals surface area contributed by atoms with E-state index in [0.29, 0.717) is 6.42 Å². The molecular formula is C28H53N2O4S+. The van der Waals surface area contributed by atoms with E-state index in [2.05, 4.69) is 33.4 Å². The van der Waals surface area contributed by atoms with Gasteiger partial charge in [0.2, 0.25) is 5.91 Å². The molecule has 204 valence electrons. The summed E-state index contributed by atoms with van der Waals surface area (Å²) >= 11 is 0. The van der Waals surface area contributed by atoms with Crippen LogP contribution < -0.4 is 5.32 Å². The maximum Gasteiger partial charge on any atom is 0.294 e. The van der Waals surface area contributed by atoms with E-state index < -0.39 is 10.1 Å². The van der Waals surface area contributed by atoms with Crippen LogP contribution in [0.15, 0.2) is 29.2 Å². The molecule has 0 aliphatic carbocycles. The van der Waals surface area contributed by atoms with Crippen LogP contribution in [0, 0.1) is 6.92 Å². The molecule has 2 N–H and O–H groups in total. The van der Waals surface area contributed by atoms with E-state index >= 15 is 0 Å². The molecule has 6 nitrogen and oxygen atoms in total. The number of carbonyl (C=O) groups excluding carboxylic acids is 1. The fourth-order valence-electron chi connectivity index (χ4n) is 3.63. The van der Waals surface area contributed by atoms with Crippen molar-refractivity contribution in [1.82, 2.24) is 5.32 Å². The van der Waals surface area contributed by atoms with Gasteiger partial charge in [0, 0.05) is 6.42 Å². The Morgan fingerprint density at radius 1 is 0.800 bits per heavy atom. The van der Waals surface area contributed by atoms with Crippen molar-refractivity contribution in [2.75, 3.05) is 34.2 Å². The first kappa shape index (κ1) is 33.6. The zero-order valence-electron chi connectivity index (χ0n) is 23.2. The fourth-order valence-corrected chi connectivity index (χ4v) is 4.11. The molecule has 0 radical (unpaired) electrons. The lowest BCUT2D eigenvalue weighted by molar-refractivity contribution is -0.869. The molecule has 0 aliphatic rings. The predicted octanol–water partition coefficient (Wildman–Crippen LogP) is 6.53. The van der Waals surface area contributed by atoms with E-state index in [1.54, 1.807) is 12.1 Å². The molecule has 7 heteroatoms. The lowest BCUT2D eigenvalue weighted by atomic mass is 10.0. The average molecular weight is 514 g/mol. The van der Waals surface area contributed by atoms with Crippen LogP contribution >= 0.6 is 0 Å². The van der Waals surface area contributed by atoms with Crippen LogP contribution in [0.25, 0.3) is 0 Å². The van der Waals surface area contributed by atoms with E-state index in [-0.39, 0.29) is 10.8 Å². The third kappa shape index (κ3) is 22.7. The summed E-state index contributed by atoms with van der Waals surface area (Å²) in [4.78, 5) is 11.6. The van der Waals surface area contributed by atoms with E-state index in [1.165, 1.54) is 89.2 Å². The lowest BCUT2D eigenvalue weighted by Crippen LogP contribution is -2.41. The van der Waals surface area contributed by atoms with Gasteiger partial charge < -0.3 is 9.80 Å². The summed E-state index contributed by atoms with van der Waals surface area (Å²) in [6.07, 6.45) is 18.3. The summed E-state index contributed by atoms with van der Waals surface area (Å²) in [5, 5.41) is 3.03. The first-order chi connectivity index (χ1) is 16.5. The predicted molar refractivity (Wildman–Crippen MR) is 147 cm³/mol. The highest BCUT2D eigenvalue weighted by molar-refractivity contribution is 7.85. The number of amides is 1. The number of likely N-dealkylation sites (N-methyl/N-ethyl adjacent to an activating group) is 1. The molecule has 0 saturated carbocycles. The van der Waals surface area contributed by atoms with Crippen molar-refractivity contribution in [1.29, 1.82) is 0 Å². The van der Waals surface area contributed by atoms with Crippen LogP contribution in [-0.4, -0.2) is 57.6 Å². The second kappa shape index (κ2) is 19.7. The Hall–Kier alpha value is -1.44. The van der Waals surface area contributed by atoms with Gasteiger partial charge in [0.25, 0.3) is 10.1 Å². The minimum absolute atomic E-state index is 0.0666. The summed E-state index contributed by atoms with van der Waals surface area (Å²) in [5.41, 5.74) is 0.956. The lowest BCUT2D eigenvalue weighted by Gasteiger charge is -2.23. The average Bonchev–Trinajstić information content (AvgIpc) is 2.76. The van der Waals surface area contributed by atoms with Crippen molar-refractivity contribution in [3.63, 3.8) is 0 Å². The van der Waals surface area contributed by atoms with Crippen molar-refractivity contribution < 1.29 is 22.2 Å². The van der Waals surface area contributed by atoms with E-state index in [9.17, 15) is 13.2 Å². The number of nitrogens with zero attached hydrogens (tertiary/aromatic N) is 1. The van der Waals surface area contributed by atoms with Crippen molar-refractivity contribution in [3.05, 3.63) is 29.8 Å². The van der Waals surface area contributed by atoms with E-state index in [1.807, 2.05) is 6.92 Å². The molecule has 0 saturated heterocycles. The maximum absolute atomic E-state index is 11.7. The molecule has 0 aliphatic heterocycles. The smallest absolute Gasteiger partial charge is 0.294 e. The fraction of sp³-hybridized carbons (Fsp3) is 0.750. The highest BCUT2D eigenvalue weighted by atomic mass is 32.2. The summed E-state index contributed by atoms with van der Waals surface area (Å²) in [6.45, 7) is 5.90. The zero-order valence-corrected chi connectivity index (χ0v) is 24.0. The quantitative estimate of drug-likeness (QED) is 0.133. The molecule has 0 atom stereocenters. The van der Waals surface area contributed by atoms with E-state index in [0.717, 1.165) is 29.6 Å². The number of carbonyl (C=O) groups is 1. The first-order valence-corrected chi connectivity index (χ1v) is 15.0. The molecule has 0 bridgehead atoms. The molecule has 1 aromatic rings. The molecule has 1 aromatic carbocycles. The third-order valence-electron chi connectivity index (χ3n) is 5.93. The van der Waals surface area contributed by atoms with Crippen LogP contribution in [0.4, 0.5) is 0 Å². The Morgan fingerprint density at radius 3 is 1.63 bits per heavy atom. The number of nitrogens with one attached hydrogen (secondary N) is 1. The van der Waals surface area contributed by atoms with Gasteiger partial charge in [-0.25, -0.2) is 0 Å². The molecule has 0 aromatic heterocycles. The number of hydrogen-bond donors (Lipinski definition) is 2. The SMILES string of the molecule is CCCCCCCCCCCCCCCC(=O)NCC[N+](C)(C)C.Cc1ccc(S(=O)(=O)O)cc1. The Labute approximate surface area is 216 Å². The topological polar surface area (TPSA) is 83.5 Å². The number of hydrogen-bond acceptors (Lipinski definition) is 3. The van der Waals surface area contributed by atoms with Crippen molar-refractivity contribution >= 4 is 16.0 Å². The molecule has 0 unspecified atom stereocenters. The molecule has 0 fully saturated rings. The molecule has 35 heavy (non-hydrogen) atoms. The van der Waals surface area contributed by atoms with Crippen molar-refractivity contribution in [3.8, 4) is 0 Å². The minimum Gasteiger partial charge on any atom is -0.350 e. The Bertz CT molecular complexity index is 756. The van der Waals surface area contributed by atoms with E-state index in [4.69, 9.17) is 4.55 Å². The van der Waals surface area contributed by atoms with Crippen LogP contribution in [0.2, 0.25) is 0 Å². The number of rotatable bonds is 18. The summed E-state index contributed by atoms with van der Waals surface area (Å²) < 4.78 is 30.5. The van der Waals surface area contributed by atoms with Gasteiger partial charge in [-0.05, 0) is 25.5 Å². The zero-order chi connectivity index (χ0) is 26.6. The van der Waals surface area contributed by atoms with Crippen LogP contribution in [0.3, 0.4) is 0 Å². The van der Waals surface area contributed by atoms with Gasteiger partial charge in [-0.3, -0.25) is 9.35 Å². The van der Waals surface area contributed by atoms with Gasteiger partial charge in [0.15, 0.2) is 0 Å². The van der Waals surface area contributed by atoms with Gasteiger partial charge in [-0.1, -0.05) is 102 Å². The number of aryl methyl sites for hydroxylation is 1. The second-order valence-electron chi connectivity index (χ2n) is 10.6. The normalized spacial score (nSPS) is 11.6. The van der Waals surface area contributed by atoms with Gasteiger partial charge in [0.1, 0.15) is 0 Å². The highest BCUT2D eigenvalue weighted by Crippen LogP contribution is 2.13. The Balaban J connectivity index is 0.000000867. The van der Waals surface area contributed by atoms with Gasteiger partial charge in [-0.15, -0.1) is 0 Å². The molecular weight excluding hydrogens is 460 g/mol. The number of unbranched alkanes of at least 4 members (excludes halogenated alkanes) is 12. The number of quaternary nitrogens is 1. The molecule has 0 spiro atoms. The molecule has 0 heterocycles. The summed E-state index contributed by atoms with van der Waals surface area (Å²) in [7, 11) is 2.43. The molecule has 1 amide bonds. The highest BCUT2D eigenvalue weighted by Gasteiger charge is 2.08. The minimum atomic E-state index is -4.02. The van der Waals surface area contributed by atoms with Crippen LogP contribution in [0.5, 0.6) is 0 Å². The van der Waals surface area contributed by atoms with Crippen LogP contribution in [-0.2, 0) is 14.9 Å². The Morgan fingerprint density at radius 2 is 1.23 bits per heavy atom. The first-order valence-electron chi connectivity index (χ1n) is 13.6. The standard InChI is InChI=1S/C21H44N2O.C7H8O3S/c1-5-6-7-8-9-10-11-12-13-14-15-16-17-18-21(24)22-19-20-23(2,3)4;1-6-2-4-7(5-3-6)11(8,9)10/h5-20H2,1-4H3;2-5H,1H3,(H,8,9,10)/p+1. The third-order valence-corrected chi connectivity index (χ3v) is 6.80. The van der Waals surface area contributed by atoms with Gasteiger partial charge >= 0.3 is 0 Å². The van der Waals surface area contributed by atoms with Gasteiger partial charge in [-0.2, -0.15) is 8.42 Å². The van der Waals surface area contributed by atoms with Crippen LogP contribution in [0.1, 0.15) is 102 Å². The summed E-state index contributed by atoms with van der Waals surface area (Å²) in [6, 6.07) is 5.99. The van der Waals surface area contributed by atoms with Crippen molar-refractivity contribution in [2.45, 2.75) is 109 Å². The second-order valence-corrected chi connectivity index (χ2v) is 12.1. The van der Waals surface area contributed by atoms with Crippen molar-refractivity contribution in [2.24, 2.45) is 0 Å². The largest absolute Gasteiger partial charge is 0.350 e. The van der Waals surface area contributed by atoms with Gasteiger partial charge in [0.05, 0.1) is 39.1 Å². The summed E-state index contributed by atoms with van der Waals surface area (Å²) in [5.74, 6) is 0.228. The molecule has 1 rings (SSSR count). The maximum atomic E-state index is 11.7. The Kier molecular flexibility index (Phi) is 18.9. The monoisotopic (exact) mass is 513 g/mol. The number of benzene rings is 1.